The fraction of sp³-hybridized carbons (Fsp3) is 0.0625. The molecular formula is C32H28BClN2O4. The molecule has 6 nitrogen and oxygen atoms in total. The van der Waals surface area contributed by atoms with Gasteiger partial charge in [-0.05, 0) is 52.6 Å². The van der Waals surface area contributed by atoms with Crippen molar-refractivity contribution in [3.8, 4) is 22.8 Å². The van der Waals surface area contributed by atoms with E-state index in [-0.39, 0.29) is 0 Å². The van der Waals surface area contributed by atoms with E-state index in [0.29, 0.717) is 16.4 Å². The fourth-order valence-corrected chi connectivity index (χ4v) is 4.23. The van der Waals surface area contributed by atoms with Gasteiger partial charge in [-0.25, -0.2) is 4.98 Å². The van der Waals surface area contributed by atoms with E-state index in [1.165, 1.54) is 12.5 Å². The number of halogens is 1. The zero-order valence-corrected chi connectivity index (χ0v) is 22.9. The molecule has 0 amide bonds. The normalized spacial score (nSPS) is 10.1. The monoisotopic (exact) mass is 550 g/mol. The van der Waals surface area contributed by atoms with Crippen molar-refractivity contribution in [2.24, 2.45) is 0 Å². The van der Waals surface area contributed by atoms with E-state index in [1.807, 2.05) is 72.9 Å². The first-order chi connectivity index (χ1) is 19.5. The maximum atomic E-state index is 8.74. The minimum absolute atomic E-state index is 0.435. The Morgan fingerprint density at radius 3 is 1.85 bits per heavy atom. The summed E-state index contributed by atoms with van der Waals surface area (Å²) in [7, 11) is 1.78. The quantitative estimate of drug-likeness (QED) is 0.202. The first-order valence-corrected chi connectivity index (χ1v) is 12.9. The zero-order chi connectivity index (χ0) is 28.3. The molecule has 6 aromatic rings. The third kappa shape index (κ3) is 7.36. The lowest BCUT2D eigenvalue weighted by molar-refractivity contribution is 0.412. The molecule has 0 atom stereocenters. The second-order valence-electron chi connectivity index (χ2n) is 8.59. The summed E-state index contributed by atoms with van der Waals surface area (Å²) >= 11 is 5.85. The molecule has 2 N–H and O–H groups in total. The van der Waals surface area contributed by atoms with Gasteiger partial charge in [0.05, 0.1) is 19.9 Å². The van der Waals surface area contributed by atoms with Crippen LogP contribution in [-0.4, -0.2) is 41.4 Å². The maximum absolute atomic E-state index is 8.74. The van der Waals surface area contributed by atoms with E-state index in [4.69, 9.17) is 31.1 Å². The number of fused-ring (bicyclic) bond motifs is 2. The van der Waals surface area contributed by atoms with Crippen LogP contribution in [0.1, 0.15) is 0 Å². The number of pyridine rings is 2. The van der Waals surface area contributed by atoms with Gasteiger partial charge in [-0.15, -0.1) is 0 Å². The van der Waals surface area contributed by atoms with Crippen LogP contribution in [0, 0.1) is 0 Å². The Morgan fingerprint density at radius 1 is 0.625 bits per heavy atom. The smallest absolute Gasteiger partial charge is 0.488 e. The lowest BCUT2D eigenvalue weighted by atomic mass is 9.80. The molecule has 0 bridgehead atoms. The number of ether oxygens (including phenoxy) is 2. The summed E-state index contributed by atoms with van der Waals surface area (Å²) in [6.07, 6.45) is 3.56. The summed E-state index contributed by atoms with van der Waals surface area (Å²) in [6, 6.07) is 34.8. The van der Waals surface area contributed by atoms with E-state index in [9.17, 15) is 0 Å². The minimum atomic E-state index is -1.43. The lowest BCUT2D eigenvalue weighted by Crippen LogP contribution is -2.29. The van der Waals surface area contributed by atoms with Crippen molar-refractivity contribution >= 4 is 45.7 Å². The first-order valence-electron chi connectivity index (χ1n) is 12.5. The first kappa shape index (κ1) is 28.6. The van der Waals surface area contributed by atoms with Crippen molar-refractivity contribution in [3.05, 3.63) is 127 Å². The van der Waals surface area contributed by atoms with Crippen LogP contribution in [0.2, 0.25) is 5.15 Å². The van der Waals surface area contributed by atoms with Crippen molar-refractivity contribution in [3.63, 3.8) is 0 Å². The lowest BCUT2D eigenvalue weighted by Gasteiger charge is -2.07. The third-order valence-corrected chi connectivity index (χ3v) is 6.33. The van der Waals surface area contributed by atoms with Gasteiger partial charge < -0.3 is 19.5 Å². The second-order valence-corrected chi connectivity index (χ2v) is 8.94. The van der Waals surface area contributed by atoms with Crippen LogP contribution in [0.25, 0.3) is 32.8 Å². The predicted octanol–water partition coefficient (Wildman–Crippen LogP) is 6.17. The number of nitrogens with zero attached hydrogens (tertiary/aromatic N) is 2. The van der Waals surface area contributed by atoms with E-state index < -0.39 is 7.12 Å². The molecule has 0 unspecified atom stereocenters. The van der Waals surface area contributed by atoms with Crippen LogP contribution >= 0.6 is 11.6 Å². The molecule has 0 radical (unpaired) electrons. The van der Waals surface area contributed by atoms with Crippen molar-refractivity contribution in [1.29, 1.82) is 0 Å². The van der Waals surface area contributed by atoms with Crippen LogP contribution in [0.3, 0.4) is 0 Å². The summed E-state index contributed by atoms with van der Waals surface area (Å²) in [5, 5.41) is 22.6. The van der Waals surface area contributed by atoms with Gasteiger partial charge in [0.2, 0.25) is 0 Å². The van der Waals surface area contributed by atoms with E-state index >= 15 is 0 Å². The molecular weight excluding hydrogens is 523 g/mol. The Kier molecular flexibility index (Phi) is 10.1. The van der Waals surface area contributed by atoms with Gasteiger partial charge >= 0.3 is 7.12 Å². The number of rotatable bonds is 4. The number of benzene rings is 4. The SMILES string of the molecule is COc1cccc(-c2nccc3ccccc23)c1.COc1cccc(B(O)O)c1.Clc1nccc2ccccc12. The maximum Gasteiger partial charge on any atom is 0.488 e. The summed E-state index contributed by atoms with van der Waals surface area (Å²) < 4.78 is 10.1. The van der Waals surface area contributed by atoms with Crippen LogP contribution in [0.4, 0.5) is 0 Å². The predicted molar refractivity (Wildman–Crippen MR) is 163 cm³/mol. The molecule has 200 valence electrons. The highest BCUT2D eigenvalue weighted by molar-refractivity contribution is 6.58. The Labute approximate surface area is 238 Å². The summed E-state index contributed by atoms with van der Waals surface area (Å²) in [5.74, 6) is 1.47. The van der Waals surface area contributed by atoms with Crippen molar-refractivity contribution in [1.82, 2.24) is 9.97 Å². The number of hydrogen-bond donors (Lipinski definition) is 2. The highest BCUT2D eigenvalue weighted by Crippen LogP contribution is 2.28. The second kappa shape index (κ2) is 14.1. The van der Waals surface area contributed by atoms with Crippen molar-refractivity contribution in [2.45, 2.75) is 0 Å². The molecule has 0 aliphatic heterocycles. The van der Waals surface area contributed by atoms with E-state index in [0.717, 1.165) is 33.2 Å². The molecule has 40 heavy (non-hydrogen) atoms. The fourth-order valence-electron chi connectivity index (χ4n) is 4.00. The summed E-state index contributed by atoms with van der Waals surface area (Å²) in [6.45, 7) is 0. The van der Waals surface area contributed by atoms with Crippen molar-refractivity contribution in [2.75, 3.05) is 14.2 Å². The molecule has 0 aliphatic carbocycles. The van der Waals surface area contributed by atoms with E-state index in [2.05, 4.69) is 28.2 Å². The third-order valence-electron chi connectivity index (χ3n) is 6.03. The molecule has 2 aromatic heterocycles. The molecule has 6 rings (SSSR count). The van der Waals surface area contributed by atoms with Crippen LogP contribution in [0.5, 0.6) is 11.5 Å². The average molecular weight is 551 g/mol. The van der Waals surface area contributed by atoms with Gasteiger partial charge in [0.15, 0.2) is 0 Å². The molecule has 0 fully saturated rings. The molecule has 2 heterocycles. The molecule has 0 saturated carbocycles. The standard InChI is InChI=1S/C16H13NO.C9H6ClN.C7H9BO3/c1-18-14-7-4-6-13(11-14)16-15-8-3-2-5-12(15)9-10-17-16;10-9-8-4-2-1-3-7(8)5-6-11-9;1-11-7-4-2-3-6(5-7)8(9)10/h2-11H,1H3;1-6H;2-5,9-10H,1H3. The van der Waals surface area contributed by atoms with Gasteiger partial charge in [-0.3, -0.25) is 4.98 Å². The largest absolute Gasteiger partial charge is 0.497 e. The van der Waals surface area contributed by atoms with E-state index in [1.54, 1.807) is 37.6 Å². The summed E-state index contributed by atoms with van der Waals surface area (Å²) in [5.41, 5.74) is 2.50. The molecule has 8 heteroatoms. The van der Waals surface area contributed by atoms with Gasteiger partial charge in [-0.2, -0.15) is 0 Å². The number of hydrogen-bond acceptors (Lipinski definition) is 6. The Bertz CT molecular complexity index is 1690. The highest BCUT2D eigenvalue weighted by Gasteiger charge is 2.10. The Morgan fingerprint density at radius 2 is 1.20 bits per heavy atom. The number of aromatic nitrogens is 2. The molecule has 4 aromatic carbocycles. The number of methoxy groups -OCH3 is 2. The van der Waals surface area contributed by atoms with Crippen LogP contribution in [0.15, 0.2) is 122 Å². The van der Waals surface area contributed by atoms with Gasteiger partial charge in [-0.1, -0.05) is 84.4 Å². The Hall–Kier alpha value is -4.43. The molecule has 0 spiro atoms. The highest BCUT2D eigenvalue weighted by atomic mass is 35.5. The zero-order valence-electron chi connectivity index (χ0n) is 22.1. The van der Waals surface area contributed by atoms with Gasteiger partial charge in [0.1, 0.15) is 16.7 Å². The molecule has 0 aliphatic rings. The topological polar surface area (TPSA) is 84.7 Å². The Balaban J connectivity index is 0.000000146. The minimum Gasteiger partial charge on any atom is -0.497 e. The van der Waals surface area contributed by atoms with Crippen LogP contribution < -0.4 is 14.9 Å². The van der Waals surface area contributed by atoms with Crippen molar-refractivity contribution < 1.29 is 19.5 Å². The van der Waals surface area contributed by atoms with Gasteiger partial charge in [0.25, 0.3) is 0 Å². The average Bonchev–Trinajstić information content (AvgIpc) is 3.02. The molecule has 0 saturated heterocycles. The van der Waals surface area contributed by atoms with Gasteiger partial charge in [0, 0.05) is 28.7 Å². The summed E-state index contributed by atoms with van der Waals surface area (Å²) in [4.78, 5) is 8.47. The van der Waals surface area contributed by atoms with Crippen LogP contribution in [-0.2, 0) is 0 Å².